The fourth-order valence-corrected chi connectivity index (χ4v) is 2.81. The third-order valence-corrected chi connectivity index (χ3v) is 4.29. The molecule has 1 atom stereocenters. The van der Waals surface area contributed by atoms with Crippen molar-refractivity contribution in [2.45, 2.75) is 51.6 Å². The van der Waals surface area contributed by atoms with Crippen LogP contribution in [0.5, 0.6) is 5.75 Å². The van der Waals surface area contributed by atoms with Crippen LogP contribution >= 0.6 is 0 Å². The van der Waals surface area contributed by atoms with Gasteiger partial charge in [0, 0.05) is 12.8 Å². The van der Waals surface area contributed by atoms with E-state index in [1.807, 2.05) is 49.4 Å². The molecule has 0 radical (unpaired) electrons. The summed E-state index contributed by atoms with van der Waals surface area (Å²) in [7, 11) is 0. The molecule has 0 fully saturated rings. The molecule has 0 bridgehead atoms. The Kier molecular flexibility index (Phi) is 7.01. The second kappa shape index (κ2) is 9.24. The number of carbonyl (C=O) groups excluding carboxylic acids is 1. The topological polar surface area (TPSA) is 57.5 Å². The highest BCUT2D eigenvalue weighted by atomic mass is 16.3. The zero-order valence-corrected chi connectivity index (χ0v) is 14.2. The van der Waals surface area contributed by atoms with Crippen LogP contribution in [-0.4, -0.2) is 22.1 Å². The van der Waals surface area contributed by atoms with E-state index in [-0.39, 0.29) is 12.2 Å². The van der Waals surface area contributed by atoms with Crippen molar-refractivity contribution in [2.24, 2.45) is 0 Å². The summed E-state index contributed by atoms with van der Waals surface area (Å²) in [5, 5.41) is 19.8. The Morgan fingerprint density at radius 1 is 1.04 bits per heavy atom. The molecule has 0 aliphatic heterocycles. The Bertz CT molecular complexity index is 649. The second-order valence-electron chi connectivity index (χ2n) is 6.24. The molecule has 0 aliphatic rings. The average molecular weight is 326 g/mol. The van der Waals surface area contributed by atoms with Crippen molar-refractivity contribution in [1.29, 1.82) is 0 Å². The summed E-state index contributed by atoms with van der Waals surface area (Å²) >= 11 is 0. The summed E-state index contributed by atoms with van der Waals surface area (Å²) in [5.74, 6) is 0.421. The number of rotatable bonds is 9. The molecule has 3 nitrogen and oxygen atoms in total. The highest BCUT2D eigenvalue weighted by Crippen LogP contribution is 2.20. The average Bonchev–Trinajstić information content (AvgIpc) is 2.60. The van der Waals surface area contributed by atoms with Crippen molar-refractivity contribution in [3.8, 4) is 5.75 Å². The minimum atomic E-state index is -0.604. The van der Waals surface area contributed by atoms with E-state index < -0.39 is 6.10 Å². The quantitative estimate of drug-likeness (QED) is 0.736. The molecule has 2 aromatic carbocycles. The lowest BCUT2D eigenvalue weighted by Gasteiger charge is -2.11. The predicted octanol–water partition coefficient (Wildman–Crippen LogP) is 3.84. The molecule has 1 unspecified atom stereocenters. The Hall–Kier alpha value is -2.13. The Labute approximate surface area is 144 Å². The standard InChI is InChI=1S/C21H26O3/c1-2-18-14-17(10-13-21(18)24)9-12-20(23)15-19(22)11-8-16-6-4-3-5-7-16/h3-7,10,13-14,20,23-24H,2,8-9,11-12,15H2,1H3. The van der Waals surface area contributed by atoms with Gasteiger partial charge in [0.2, 0.25) is 0 Å². The van der Waals surface area contributed by atoms with Crippen molar-refractivity contribution in [1.82, 2.24) is 0 Å². The van der Waals surface area contributed by atoms with E-state index in [2.05, 4.69) is 0 Å². The number of phenolic OH excluding ortho intramolecular Hbond substituents is 1. The van der Waals surface area contributed by atoms with E-state index in [0.29, 0.717) is 25.0 Å². The summed E-state index contributed by atoms with van der Waals surface area (Å²) in [5.41, 5.74) is 3.15. The molecule has 0 heterocycles. The van der Waals surface area contributed by atoms with Crippen LogP contribution in [0, 0.1) is 0 Å². The molecule has 0 saturated carbocycles. The molecular weight excluding hydrogens is 300 g/mol. The van der Waals surface area contributed by atoms with Crippen molar-refractivity contribution in [2.75, 3.05) is 0 Å². The summed E-state index contributed by atoms with van der Waals surface area (Å²) in [6.45, 7) is 2.00. The molecule has 24 heavy (non-hydrogen) atoms. The van der Waals surface area contributed by atoms with Gasteiger partial charge in [-0.05, 0) is 48.4 Å². The van der Waals surface area contributed by atoms with Crippen LogP contribution in [0.15, 0.2) is 48.5 Å². The zero-order chi connectivity index (χ0) is 17.4. The van der Waals surface area contributed by atoms with Gasteiger partial charge in [-0.25, -0.2) is 0 Å². The highest BCUT2D eigenvalue weighted by molar-refractivity contribution is 5.79. The van der Waals surface area contributed by atoms with Gasteiger partial charge in [0.25, 0.3) is 0 Å². The molecule has 0 spiro atoms. The number of hydrogen-bond donors (Lipinski definition) is 2. The van der Waals surface area contributed by atoms with Gasteiger partial charge in [0.15, 0.2) is 0 Å². The highest BCUT2D eigenvalue weighted by Gasteiger charge is 2.12. The number of Topliss-reactive ketones (excluding diaryl/α,β-unsaturated/α-hetero) is 1. The normalized spacial score (nSPS) is 12.1. The van der Waals surface area contributed by atoms with Gasteiger partial charge in [-0.1, -0.05) is 49.4 Å². The molecule has 3 heteroatoms. The van der Waals surface area contributed by atoms with Crippen LogP contribution in [-0.2, 0) is 24.1 Å². The second-order valence-corrected chi connectivity index (χ2v) is 6.24. The summed E-state index contributed by atoms with van der Waals surface area (Å²) in [4.78, 5) is 12.0. The summed E-state index contributed by atoms with van der Waals surface area (Å²) < 4.78 is 0. The number of hydrogen-bond acceptors (Lipinski definition) is 3. The molecule has 2 aromatic rings. The van der Waals surface area contributed by atoms with Gasteiger partial charge in [-0.15, -0.1) is 0 Å². The monoisotopic (exact) mass is 326 g/mol. The smallest absolute Gasteiger partial charge is 0.135 e. The van der Waals surface area contributed by atoms with Gasteiger partial charge in [0.05, 0.1) is 6.10 Å². The van der Waals surface area contributed by atoms with Gasteiger partial charge >= 0.3 is 0 Å². The Morgan fingerprint density at radius 3 is 2.50 bits per heavy atom. The van der Waals surface area contributed by atoms with E-state index in [0.717, 1.165) is 29.5 Å². The number of phenols is 1. The van der Waals surface area contributed by atoms with Gasteiger partial charge < -0.3 is 10.2 Å². The van der Waals surface area contributed by atoms with E-state index in [1.165, 1.54) is 0 Å². The third-order valence-electron chi connectivity index (χ3n) is 4.29. The fraction of sp³-hybridized carbons (Fsp3) is 0.381. The van der Waals surface area contributed by atoms with Gasteiger partial charge in [-0.3, -0.25) is 4.79 Å². The number of aliphatic hydroxyl groups excluding tert-OH is 1. The molecular formula is C21H26O3. The van der Waals surface area contributed by atoms with E-state index in [4.69, 9.17) is 0 Å². The maximum absolute atomic E-state index is 12.0. The molecule has 128 valence electrons. The third kappa shape index (κ3) is 5.82. The van der Waals surface area contributed by atoms with Crippen LogP contribution in [0.3, 0.4) is 0 Å². The lowest BCUT2D eigenvalue weighted by molar-refractivity contribution is -0.120. The molecule has 2 N–H and O–H groups in total. The number of benzene rings is 2. The molecule has 0 saturated heterocycles. The molecule has 2 rings (SSSR count). The number of carbonyl (C=O) groups is 1. The maximum Gasteiger partial charge on any atom is 0.135 e. The first-order valence-electron chi connectivity index (χ1n) is 8.63. The van der Waals surface area contributed by atoms with Crippen LogP contribution in [0.4, 0.5) is 0 Å². The van der Waals surface area contributed by atoms with Crippen molar-refractivity contribution in [3.05, 3.63) is 65.2 Å². The number of aromatic hydroxyl groups is 1. The largest absolute Gasteiger partial charge is 0.508 e. The first-order valence-corrected chi connectivity index (χ1v) is 8.63. The Balaban J connectivity index is 1.74. The fourth-order valence-electron chi connectivity index (χ4n) is 2.81. The van der Waals surface area contributed by atoms with Gasteiger partial charge in [0.1, 0.15) is 11.5 Å². The SMILES string of the molecule is CCc1cc(CCC(O)CC(=O)CCc2ccccc2)ccc1O. The minimum Gasteiger partial charge on any atom is -0.508 e. The summed E-state index contributed by atoms with van der Waals surface area (Å²) in [6.07, 6.45) is 2.86. The van der Waals surface area contributed by atoms with E-state index >= 15 is 0 Å². The van der Waals surface area contributed by atoms with Crippen molar-refractivity contribution >= 4 is 5.78 Å². The van der Waals surface area contributed by atoms with E-state index in [9.17, 15) is 15.0 Å². The lowest BCUT2D eigenvalue weighted by Crippen LogP contribution is -2.15. The van der Waals surface area contributed by atoms with Crippen LogP contribution in [0.1, 0.15) is 42.9 Å². The minimum absolute atomic E-state index is 0.103. The first-order chi connectivity index (χ1) is 11.6. The van der Waals surface area contributed by atoms with Crippen LogP contribution in [0.2, 0.25) is 0 Å². The number of ketones is 1. The zero-order valence-electron chi connectivity index (χ0n) is 14.2. The first kappa shape index (κ1) is 18.2. The predicted molar refractivity (Wildman–Crippen MR) is 96.2 cm³/mol. The maximum atomic E-state index is 12.0. The number of aryl methyl sites for hydroxylation is 3. The molecule has 0 aliphatic carbocycles. The lowest BCUT2D eigenvalue weighted by atomic mass is 9.99. The van der Waals surface area contributed by atoms with Crippen molar-refractivity contribution in [3.63, 3.8) is 0 Å². The van der Waals surface area contributed by atoms with Crippen molar-refractivity contribution < 1.29 is 15.0 Å². The van der Waals surface area contributed by atoms with Gasteiger partial charge in [-0.2, -0.15) is 0 Å². The molecule has 0 aromatic heterocycles. The van der Waals surface area contributed by atoms with E-state index in [1.54, 1.807) is 6.07 Å². The molecule has 0 amide bonds. The number of aliphatic hydroxyl groups is 1. The van der Waals surface area contributed by atoms with Crippen LogP contribution < -0.4 is 0 Å². The van der Waals surface area contributed by atoms with Crippen LogP contribution in [0.25, 0.3) is 0 Å². The Morgan fingerprint density at radius 2 is 1.79 bits per heavy atom. The summed E-state index contributed by atoms with van der Waals surface area (Å²) in [6, 6.07) is 15.5.